The number of carbonyl (C=O) groups excluding carboxylic acids is 1. The molecule has 1 atom stereocenters. The highest BCUT2D eigenvalue weighted by atomic mass is 127. The molecule has 7 heteroatoms. The van der Waals surface area contributed by atoms with E-state index in [2.05, 4.69) is 22.5 Å². The van der Waals surface area contributed by atoms with Gasteiger partial charge in [-0.3, -0.25) is 4.99 Å². The second kappa shape index (κ2) is 11.0. The number of nitrogens with one attached hydrogen (secondary N) is 2. The molecule has 29 heavy (non-hydrogen) atoms. The molecule has 0 aliphatic carbocycles. The molecule has 0 spiro atoms. The van der Waals surface area contributed by atoms with Crippen LogP contribution in [0.4, 0.5) is 10.5 Å². The van der Waals surface area contributed by atoms with E-state index in [1.165, 1.54) is 11.1 Å². The van der Waals surface area contributed by atoms with Crippen molar-refractivity contribution in [2.75, 3.05) is 11.9 Å². The molecule has 2 aromatic rings. The van der Waals surface area contributed by atoms with Gasteiger partial charge in [0.15, 0.2) is 5.96 Å². The number of halogens is 1. The number of amides is 1. The Morgan fingerprint density at radius 3 is 2.34 bits per heavy atom. The molecule has 1 unspecified atom stereocenters. The molecule has 0 bridgehead atoms. The van der Waals surface area contributed by atoms with Crippen LogP contribution in [0.15, 0.2) is 53.5 Å². The smallest absolute Gasteiger partial charge is 0.408 e. The normalized spacial score (nSPS) is 12.5. The Labute approximate surface area is 190 Å². The zero-order valence-electron chi connectivity index (χ0n) is 17.7. The minimum atomic E-state index is -0.571. The van der Waals surface area contributed by atoms with Gasteiger partial charge in [0.25, 0.3) is 0 Å². The third kappa shape index (κ3) is 8.72. The van der Waals surface area contributed by atoms with Crippen molar-refractivity contribution in [1.82, 2.24) is 5.32 Å². The summed E-state index contributed by atoms with van der Waals surface area (Å²) in [6.07, 6.45) is -0.489. The molecule has 1 amide bonds. The summed E-state index contributed by atoms with van der Waals surface area (Å²) in [5.74, 6) is 0.287. The molecule has 0 heterocycles. The van der Waals surface area contributed by atoms with Gasteiger partial charge >= 0.3 is 6.09 Å². The molecule has 2 aromatic carbocycles. The van der Waals surface area contributed by atoms with Crippen LogP contribution >= 0.6 is 24.0 Å². The third-order valence-electron chi connectivity index (χ3n) is 4.12. The quantitative estimate of drug-likeness (QED) is 0.303. The lowest BCUT2D eigenvalue weighted by atomic mass is 10.1. The molecule has 2 rings (SSSR count). The lowest BCUT2D eigenvalue weighted by Crippen LogP contribution is -2.36. The van der Waals surface area contributed by atoms with Crippen LogP contribution in [0.25, 0.3) is 0 Å². The summed E-state index contributed by atoms with van der Waals surface area (Å²) < 4.78 is 5.37. The predicted octanol–water partition coefficient (Wildman–Crippen LogP) is 4.91. The first-order chi connectivity index (χ1) is 13.1. The van der Waals surface area contributed by atoms with Gasteiger partial charge in [0.05, 0.1) is 12.6 Å². The molecule has 0 saturated heterocycles. The van der Waals surface area contributed by atoms with Gasteiger partial charge in [-0.25, -0.2) is 4.79 Å². The maximum Gasteiger partial charge on any atom is 0.408 e. The average Bonchev–Trinajstić information content (AvgIpc) is 2.61. The number of ether oxygens (including phenoxy) is 1. The largest absolute Gasteiger partial charge is 0.444 e. The van der Waals surface area contributed by atoms with Crippen LogP contribution in [-0.2, 0) is 4.74 Å². The first-order valence-electron chi connectivity index (χ1n) is 9.33. The van der Waals surface area contributed by atoms with Gasteiger partial charge in [0, 0.05) is 5.69 Å². The molecule has 0 fully saturated rings. The predicted molar refractivity (Wildman–Crippen MR) is 130 cm³/mol. The molecule has 0 aliphatic rings. The van der Waals surface area contributed by atoms with Crippen molar-refractivity contribution in [1.29, 1.82) is 0 Å². The second-order valence-corrected chi connectivity index (χ2v) is 7.76. The first kappa shape index (κ1) is 24.7. The minimum absolute atomic E-state index is 0. The van der Waals surface area contributed by atoms with Crippen molar-refractivity contribution in [3.8, 4) is 0 Å². The summed E-state index contributed by atoms with van der Waals surface area (Å²) in [7, 11) is 0. The standard InChI is InChI=1S/C22H30N4O2.HI/c1-15-11-12-18(13-16(15)2)25-20(23)24-14-19(17-9-7-6-8-10-17)26-21(27)28-22(3,4)5;/h6-13,19H,14H2,1-5H3,(H,26,27)(H3,23,24,25);1H. The van der Waals surface area contributed by atoms with Crippen molar-refractivity contribution in [3.63, 3.8) is 0 Å². The van der Waals surface area contributed by atoms with Crippen LogP contribution in [0.2, 0.25) is 0 Å². The number of nitrogens with zero attached hydrogens (tertiary/aromatic N) is 1. The number of alkyl carbamates (subject to hydrolysis) is 1. The van der Waals surface area contributed by atoms with E-state index in [9.17, 15) is 4.79 Å². The van der Waals surface area contributed by atoms with Gasteiger partial charge in [0.1, 0.15) is 5.60 Å². The highest BCUT2D eigenvalue weighted by molar-refractivity contribution is 14.0. The van der Waals surface area contributed by atoms with Crippen LogP contribution in [0.1, 0.15) is 43.5 Å². The number of rotatable bonds is 5. The lowest BCUT2D eigenvalue weighted by Gasteiger charge is -2.23. The van der Waals surface area contributed by atoms with Gasteiger partial charge < -0.3 is 21.1 Å². The summed E-state index contributed by atoms with van der Waals surface area (Å²) in [6, 6.07) is 15.3. The Balaban J connectivity index is 0.00000420. The van der Waals surface area contributed by atoms with Crippen molar-refractivity contribution in [3.05, 3.63) is 65.2 Å². The average molecular weight is 510 g/mol. The second-order valence-electron chi connectivity index (χ2n) is 7.76. The van der Waals surface area contributed by atoms with E-state index >= 15 is 0 Å². The maximum atomic E-state index is 12.2. The van der Waals surface area contributed by atoms with Crippen LogP contribution in [0, 0.1) is 13.8 Å². The lowest BCUT2D eigenvalue weighted by molar-refractivity contribution is 0.0505. The summed E-state index contributed by atoms with van der Waals surface area (Å²) in [5, 5.41) is 5.97. The SMILES string of the molecule is Cc1ccc(NC(N)=NCC(NC(=O)OC(C)(C)C)c2ccccc2)cc1C.I. The van der Waals surface area contributed by atoms with E-state index in [4.69, 9.17) is 10.5 Å². The number of hydrogen-bond donors (Lipinski definition) is 3. The van der Waals surface area contributed by atoms with E-state index in [0.29, 0.717) is 0 Å². The zero-order chi connectivity index (χ0) is 20.7. The number of carbonyl (C=O) groups is 1. The number of guanidine groups is 1. The molecule has 158 valence electrons. The molecular formula is C22H31IN4O2. The Morgan fingerprint density at radius 1 is 1.10 bits per heavy atom. The van der Waals surface area contributed by atoms with E-state index in [-0.39, 0.29) is 42.5 Å². The highest BCUT2D eigenvalue weighted by Gasteiger charge is 2.20. The Hall–Kier alpha value is -2.29. The van der Waals surface area contributed by atoms with Crippen molar-refractivity contribution in [2.24, 2.45) is 10.7 Å². The number of nitrogens with two attached hydrogens (primary N) is 1. The zero-order valence-corrected chi connectivity index (χ0v) is 20.0. The minimum Gasteiger partial charge on any atom is -0.444 e. The van der Waals surface area contributed by atoms with Crippen LogP contribution in [-0.4, -0.2) is 24.2 Å². The fraction of sp³-hybridized carbons (Fsp3) is 0.364. The van der Waals surface area contributed by atoms with Gasteiger partial charge in [-0.1, -0.05) is 36.4 Å². The van der Waals surface area contributed by atoms with E-state index in [1.807, 2.05) is 76.2 Å². The highest BCUT2D eigenvalue weighted by Crippen LogP contribution is 2.16. The number of aliphatic imine (C=N–C) groups is 1. The summed E-state index contributed by atoms with van der Waals surface area (Å²) in [5.41, 5.74) is 9.67. The molecule has 0 aliphatic heterocycles. The molecule has 6 nitrogen and oxygen atoms in total. The molecule has 0 aromatic heterocycles. The number of anilines is 1. The van der Waals surface area contributed by atoms with E-state index in [1.54, 1.807) is 0 Å². The van der Waals surface area contributed by atoms with E-state index < -0.39 is 11.7 Å². The Bertz CT molecular complexity index is 832. The Morgan fingerprint density at radius 2 is 1.76 bits per heavy atom. The van der Waals surface area contributed by atoms with Gasteiger partial charge in [0.2, 0.25) is 0 Å². The number of aryl methyl sites for hydroxylation is 2. The van der Waals surface area contributed by atoms with Gasteiger partial charge in [-0.05, 0) is 63.4 Å². The topological polar surface area (TPSA) is 88.7 Å². The molecule has 0 saturated carbocycles. The van der Waals surface area contributed by atoms with Gasteiger partial charge in [-0.2, -0.15) is 0 Å². The maximum absolute atomic E-state index is 12.2. The van der Waals surface area contributed by atoms with Crippen LogP contribution < -0.4 is 16.4 Å². The van der Waals surface area contributed by atoms with Crippen LogP contribution in [0.3, 0.4) is 0 Å². The third-order valence-corrected chi connectivity index (χ3v) is 4.12. The first-order valence-corrected chi connectivity index (χ1v) is 9.33. The van der Waals surface area contributed by atoms with Crippen molar-refractivity contribution < 1.29 is 9.53 Å². The van der Waals surface area contributed by atoms with Crippen molar-refractivity contribution in [2.45, 2.75) is 46.3 Å². The Kier molecular flexibility index (Phi) is 9.42. The summed E-state index contributed by atoms with van der Waals surface area (Å²) in [4.78, 5) is 16.6. The monoisotopic (exact) mass is 510 g/mol. The fourth-order valence-corrected chi connectivity index (χ4v) is 2.57. The molecule has 4 N–H and O–H groups in total. The fourth-order valence-electron chi connectivity index (χ4n) is 2.57. The molecular weight excluding hydrogens is 479 g/mol. The van der Waals surface area contributed by atoms with E-state index in [0.717, 1.165) is 11.3 Å². The molecule has 0 radical (unpaired) electrons. The summed E-state index contributed by atoms with van der Waals surface area (Å²) in [6.45, 7) is 9.87. The van der Waals surface area contributed by atoms with Crippen LogP contribution in [0.5, 0.6) is 0 Å². The van der Waals surface area contributed by atoms with Gasteiger partial charge in [-0.15, -0.1) is 24.0 Å². The summed E-state index contributed by atoms with van der Waals surface area (Å²) >= 11 is 0. The van der Waals surface area contributed by atoms with Crippen molar-refractivity contribution >= 4 is 41.7 Å². The number of hydrogen-bond acceptors (Lipinski definition) is 3. The number of benzene rings is 2.